The van der Waals surface area contributed by atoms with E-state index in [0.29, 0.717) is 5.56 Å². The molecule has 0 spiro atoms. The molecule has 8 heteroatoms. The van der Waals surface area contributed by atoms with Gasteiger partial charge in [0.1, 0.15) is 4.90 Å². The van der Waals surface area contributed by atoms with E-state index in [-0.39, 0.29) is 25.1 Å². The summed E-state index contributed by atoms with van der Waals surface area (Å²) in [6.07, 6.45) is 0. The number of methoxy groups -OCH3 is 1. The second kappa shape index (κ2) is 6.69. The first-order valence-corrected chi connectivity index (χ1v) is 8.70. The van der Waals surface area contributed by atoms with E-state index >= 15 is 0 Å². The summed E-state index contributed by atoms with van der Waals surface area (Å²) in [4.78, 5) is 11.5. The van der Waals surface area contributed by atoms with E-state index in [1.54, 1.807) is 25.1 Å². The molecule has 122 valence electrons. The molecule has 1 N–H and O–H groups in total. The fourth-order valence-corrected chi connectivity index (χ4v) is 4.04. The predicted octanol–water partition coefficient (Wildman–Crippen LogP) is 3.13. The predicted molar refractivity (Wildman–Crippen MR) is 88.1 cm³/mol. The van der Waals surface area contributed by atoms with Crippen LogP contribution < -0.4 is 4.47 Å². The molecule has 6 nitrogen and oxygen atoms in total. The maximum atomic E-state index is 12.7. The first kappa shape index (κ1) is 17.5. The average Bonchev–Trinajstić information content (AvgIpc) is 2.56. The minimum Gasteiger partial charge on any atom is -0.465 e. The lowest BCUT2D eigenvalue weighted by Gasteiger charge is -2.19. The molecule has 0 aliphatic carbocycles. The molecule has 0 saturated carbocycles. The third kappa shape index (κ3) is 3.39. The van der Waals surface area contributed by atoms with Crippen LogP contribution in [0.3, 0.4) is 0 Å². The summed E-state index contributed by atoms with van der Waals surface area (Å²) < 4.78 is 30.4. The first-order valence-electron chi connectivity index (χ1n) is 6.46. The number of nitrogens with zero attached hydrogens (tertiary/aromatic N) is 1. The number of esters is 1. The molecular weight excluding hydrogens is 386 g/mol. The van der Waals surface area contributed by atoms with E-state index < -0.39 is 16.0 Å². The molecular formula is C15H14BrNO5S. The lowest BCUT2D eigenvalue weighted by molar-refractivity contribution is 0.0600. The topological polar surface area (TPSA) is 83.9 Å². The normalized spacial score (nSPS) is 11.1. The molecule has 23 heavy (non-hydrogen) atoms. The van der Waals surface area contributed by atoms with E-state index in [9.17, 15) is 18.4 Å². The SMILES string of the molecule is COC(=O)c1cc(C)c(Br)c(S(=O)(=O)N(O)c2ccccc2)c1. The molecule has 0 radical (unpaired) electrons. The van der Waals surface area contributed by atoms with Crippen LogP contribution in [0.25, 0.3) is 0 Å². The van der Waals surface area contributed by atoms with Crippen molar-refractivity contribution in [2.24, 2.45) is 0 Å². The minimum atomic E-state index is -4.28. The molecule has 0 bridgehead atoms. The first-order chi connectivity index (χ1) is 10.8. The number of rotatable bonds is 4. The molecule has 0 unspecified atom stereocenters. The Labute approximate surface area is 142 Å². The Morgan fingerprint density at radius 1 is 1.22 bits per heavy atom. The van der Waals surface area contributed by atoms with Gasteiger partial charge in [-0.2, -0.15) is 8.42 Å². The van der Waals surface area contributed by atoms with Crippen LogP contribution in [0, 0.1) is 6.92 Å². The molecule has 0 aliphatic rings. The molecule has 2 rings (SSSR count). The number of benzene rings is 2. The Balaban J connectivity index is 2.60. The van der Waals surface area contributed by atoms with Crippen molar-refractivity contribution >= 4 is 37.6 Å². The van der Waals surface area contributed by atoms with E-state index in [0.717, 1.165) is 6.07 Å². The monoisotopic (exact) mass is 399 g/mol. The van der Waals surface area contributed by atoms with Crippen LogP contribution in [0.15, 0.2) is 51.8 Å². The molecule has 0 aromatic heterocycles. The summed E-state index contributed by atoms with van der Waals surface area (Å²) in [6, 6.07) is 10.4. The average molecular weight is 400 g/mol. The molecule has 0 aliphatic heterocycles. The summed E-state index contributed by atoms with van der Waals surface area (Å²) in [5, 5.41) is 10.1. The number of carbonyl (C=O) groups is 1. The molecule has 2 aromatic rings. The molecule has 2 aromatic carbocycles. The van der Waals surface area contributed by atoms with Crippen LogP contribution in [-0.2, 0) is 14.8 Å². The largest absolute Gasteiger partial charge is 0.465 e. The summed E-state index contributed by atoms with van der Waals surface area (Å²) in [7, 11) is -3.07. The lowest BCUT2D eigenvalue weighted by Crippen LogP contribution is -2.28. The summed E-state index contributed by atoms with van der Waals surface area (Å²) >= 11 is 3.19. The summed E-state index contributed by atoms with van der Waals surface area (Å²) in [6.45, 7) is 1.64. The van der Waals surface area contributed by atoms with Gasteiger partial charge in [-0.05, 0) is 52.7 Å². The maximum absolute atomic E-state index is 12.7. The second-order valence-corrected chi connectivity index (χ2v) is 7.21. The van der Waals surface area contributed by atoms with Gasteiger partial charge in [-0.25, -0.2) is 4.79 Å². The van der Waals surface area contributed by atoms with Crippen LogP contribution in [0.4, 0.5) is 5.69 Å². The third-order valence-electron chi connectivity index (χ3n) is 3.12. The van der Waals surface area contributed by atoms with Crippen molar-refractivity contribution in [3.05, 3.63) is 58.1 Å². The molecule has 0 atom stereocenters. The van der Waals surface area contributed by atoms with Gasteiger partial charge in [0.2, 0.25) is 0 Å². The zero-order valence-electron chi connectivity index (χ0n) is 12.4. The van der Waals surface area contributed by atoms with Gasteiger partial charge < -0.3 is 4.74 Å². The van der Waals surface area contributed by atoms with Crippen LogP contribution in [0.1, 0.15) is 15.9 Å². The quantitative estimate of drug-likeness (QED) is 0.630. The van der Waals surface area contributed by atoms with Gasteiger partial charge in [-0.3, -0.25) is 5.21 Å². The highest BCUT2D eigenvalue weighted by atomic mass is 79.9. The molecule has 0 amide bonds. The number of hydrogen-bond donors (Lipinski definition) is 1. The summed E-state index contributed by atoms with van der Waals surface area (Å²) in [5.41, 5.74) is 0.682. The summed E-state index contributed by atoms with van der Waals surface area (Å²) in [5.74, 6) is -0.666. The second-order valence-electron chi connectivity index (χ2n) is 4.68. The zero-order chi connectivity index (χ0) is 17.2. The number of anilines is 1. The van der Waals surface area contributed by atoms with Crippen molar-refractivity contribution in [1.82, 2.24) is 0 Å². The Kier molecular flexibility index (Phi) is 5.08. The zero-order valence-corrected chi connectivity index (χ0v) is 14.8. The lowest BCUT2D eigenvalue weighted by atomic mass is 10.1. The van der Waals surface area contributed by atoms with Gasteiger partial charge in [-0.1, -0.05) is 18.2 Å². The number of halogens is 1. The fourth-order valence-electron chi connectivity index (χ4n) is 1.95. The van der Waals surface area contributed by atoms with Gasteiger partial charge in [0.15, 0.2) is 0 Å². The number of hydrogen-bond acceptors (Lipinski definition) is 5. The van der Waals surface area contributed by atoms with Crippen molar-refractivity contribution < 1.29 is 23.2 Å². The van der Waals surface area contributed by atoms with Crippen molar-refractivity contribution in [2.45, 2.75) is 11.8 Å². The van der Waals surface area contributed by atoms with Crippen LogP contribution in [0.2, 0.25) is 0 Å². The molecule has 0 heterocycles. The number of carbonyl (C=O) groups excluding carboxylic acids is 1. The number of para-hydroxylation sites is 1. The van der Waals surface area contributed by atoms with Crippen LogP contribution >= 0.6 is 15.9 Å². The number of sulfonamides is 1. The van der Waals surface area contributed by atoms with E-state index in [4.69, 9.17) is 0 Å². The Bertz CT molecular complexity index is 836. The maximum Gasteiger partial charge on any atom is 0.337 e. The molecule has 0 saturated heterocycles. The van der Waals surface area contributed by atoms with Crippen molar-refractivity contribution in [1.29, 1.82) is 0 Å². The highest BCUT2D eigenvalue weighted by Crippen LogP contribution is 2.31. The number of aryl methyl sites for hydroxylation is 1. The van der Waals surface area contributed by atoms with Crippen molar-refractivity contribution in [3.63, 3.8) is 0 Å². The van der Waals surface area contributed by atoms with Crippen molar-refractivity contribution in [3.8, 4) is 0 Å². The van der Waals surface area contributed by atoms with Crippen molar-refractivity contribution in [2.75, 3.05) is 11.6 Å². The van der Waals surface area contributed by atoms with Gasteiger partial charge >= 0.3 is 5.97 Å². The van der Waals surface area contributed by atoms with Crippen LogP contribution in [0.5, 0.6) is 0 Å². The van der Waals surface area contributed by atoms with E-state index in [1.807, 2.05) is 0 Å². The standard InChI is InChI=1S/C15H14BrNO5S/c1-10-8-11(15(18)22-2)9-13(14(10)16)23(20,21)17(19)12-6-4-3-5-7-12/h3-9,19H,1-2H3. The van der Waals surface area contributed by atoms with Gasteiger partial charge in [0.25, 0.3) is 10.0 Å². The Hall–Kier alpha value is -1.90. The molecule has 0 fully saturated rings. The van der Waals surface area contributed by atoms with E-state index in [1.165, 1.54) is 25.3 Å². The van der Waals surface area contributed by atoms with E-state index in [2.05, 4.69) is 20.7 Å². The van der Waals surface area contributed by atoms with Gasteiger partial charge in [0, 0.05) is 4.47 Å². The van der Waals surface area contributed by atoms with Gasteiger partial charge in [-0.15, -0.1) is 4.47 Å². The highest BCUT2D eigenvalue weighted by Gasteiger charge is 2.28. The fraction of sp³-hybridized carbons (Fsp3) is 0.133. The minimum absolute atomic E-state index is 0.0771. The Morgan fingerprint density at radius 3 is 2.39 bits per heavy atom. The Morgan fingerprint density at radius 2 is 1.83 bits per heavy atom. The van der Waals surface area contributed by atoms with Crippen LogP contribution in [-0.4, -0.2) is 26.7 Å². The highest BCUT2D eigenvalue weighted by molar-refractivity contribution is 9.10. The van der Waals surface area contributed by atoms with Gasteiger partial charge in [0.05, 0.1) is 18.4 Å². The number of ether oxygens (including phenoxy) is 1. The third-order valence-corrected chi connectivity index (χ3v) is 5.98. The smallest absolute Gasteiger partial charge is 0.337 e.